The van der Waals surface area contributed by atoms with Crippen LogP contribution in [0.3, 0.4) is 0 Å². The number of hydrogen-bond acceptors (Lipinski definition) is 4. The summed E-state index contributed by atoms with van der Waals surface area (Å²) in [7, 11) is 1.69. The van der Waals surface area contributed by atoms with Crippen molar-refractivity contribution in [2.24, 2.45) is 0 Å². The maximum Gasteiger partial charge on any atom is 0.213 e. The van der Waals surface area contributed by atoms with Gasteiger partial charge in [0.15, 0.2) is 0 Å². The predicted octanol–water partition coefficient (Wildman–Crippen LogP) is 6.02. The van der Waals surface area contributed by atoms with E-state index in [9.17, 15) is 0 Å². The van der Waals surface area contributed by atoms with Crippen LogP contribution in [0.25, 0.3) is 0 Å². The lowest BCUT2D eigenvalue weighted by molar-refractivity contribution is -0.00926. The molecule has 2 aliphatic heterocycles. The van der Waals surface area contributed by atoms with Gasteiger partial charge in [-0.05, 0) is 49.4 Å². The Labute approximate surface area is 203 Å². The number of fused-ring (bicyclic) bond motifs is 1. The summed E-state index contributed by atoms with van der Waals surface area (Å²) in [5.74, 6) is 0.688. The molecule has 34 heavy (non-hydrogen) atoms. The highest BCUT2D eigenvalue weighted by molar-refractivity contribution is 5.24. The number of aromatic nitrogens is 1. The van der Waals surface area contributed by atoms with Crippen LogP contribution in [0.5, 0.6) is 5.88 Å². The highest BCUT2D eigenvalue weighted by Gasteiger charge is 2.42. The first-order valence-corrected chi connectivity index (χ1v) is 12.5. The third kappa shape index (κ3) is 5.08. The summed E-state index contributed by atoms with van der Waals surface area (Å²) in [6.07, 6.45) is 4.45. The highest BCUT2D eigenvalue weighted by Crippen LogP contribution is 2.42. The Balaban J connectivity index is 1.45. The van der Waals surface area contributed by atoms with Crippen molar-refractivity contribution in [3.05, 3.63) is 108 Å². The molecule has 1 aromatic heterocycles. The molecule has 2 aromatic carbocycles. The van der Waals surface area contributed by atoms with Crippen molar-refractivity contribution in [1.29, 1.82) is 0 Å². The molecular formula is C30H35N3O. The maximum absolute atomic E-state index is 5.44. The van der Waals surface area contributed by atoms with Crippen LogP contribution in [0.2, 0.25) is 0 Å². The largest absolute Gasteiger partial charge is 0.481 e. The molecule has 0 spiro atoms. The topological polar surface area (TPSA) is 28.6 Å². The Bertz CT molecular complexity index is 1040. The second kappa shape index (κ2) is 10.5. The van der Waals surface area contributed by atoms with Crippen LogP contribution in [0.1, 0.15) is 48.5 Å². The quantitative estimate of drug-likeness (QED) is 0.409. The van der Waals surface area contributed by atoms with E-state index in [1.807, 2.05) is 6.07 Å². The van der Waals surface area contributed by atoms with Gasteiger partial charge in [0.2, 0.25) is 5.88 Å². The molecule has 176 valence electrons. The van der Waals surface area contributed by atoms with Gasteiger partial charge in [0.05, 0.1) is 18.8 Å². The minimum atomic E-state index is 0.263. The molecule has 3 aromatic rings. The molecule has 0 radical (unpaired) electrons. The first kappa shape index (κ1) is 22.8. The number of hydrogen-bond donors (Lipinski definition) is 0. The smallest absolute Gasteiger partial charge is 0.213 e. The van der Waals surface area contributed by atoms with Crippen molar-refractivity contribution >= 4 is 0 Å². The lowest BCUT2D eigenvalue weighted by Crippen LogP contribution is -2.57. The van der Waals surface area contributed by atoms with E-state index in [-0.39, 0.29) is 6.04 Å². The third-order valence-electron chi connectivity index (χ3n) is 7.39. The molecule has 0 N–H and O–H groups in total. The molecule has 3 atom stereocenters. The van der Waals surface area contributed by atoms with Crippen LogP contribution in [0.15, 0.2) is 91.0 Å². The number of rotatable bonds is 7. The van der Waals surface area contributed by atoms with E-state index >= 15 is 0 Å². The van der Waals surface area contributed by atoms with E-state index in [4.69, 9.17) is 9.72 Å². The molecule has 2 fully saturated rings. The summed E-state index contributed by atoms with van der Waals surface area (Å²) >= 11 is 0. The van der Waals surface area contributed by atoms with Crippen molar-refractivity contribution in [3.63, 3.8) is 0 Å². The van der Waals surface area contributed by atoms with Gasteiger partial charge in [-0.2, -0.15) is 0 Å². The zero-order chi connectivity index (χ0) is 23.3. The van der Waals surface area contributed by atoms with Crippen molar-refractivity contribution in [3.8, 4) is 5.88 Å². The minimum Gasteiger partial charge on any atom is -0.481 e. The fraction of sp³-hybridized carbons (Fsp3) is 0.367. The molecule has 4 heteroatoms. The average molecular weight is 454 g/mol. The number of benzene rings is 2. The summed E-state index contributed by atoms with van der Waals surface area (Å²) in [6, 6.07) is 29.1. The molecule has 0 saturated carbocycles. The van der Waals surface area contributed by atoms with E-state index in [1.165, 1.54) is 29.5 Å². The van der Waals surface area contributed by atoms with Gasteiger partial charge in [0, 0.05) is 31.2 Å². The molecule has 0 bridgehead atoms. The Hall–Kier alpha value is -2.95. The van der Waals surface area contributed by atoms with Crippen LogP contribution in [-0.4, -0.2) is 40.5 Å². The second-order valence-corrected chi connectivity index (χ2v) is 9.67. The molecule has 5 rings (SSSR count). The number of piperidine rings is 2. The van der Waals surface area contributed by atoms with Gasteiger partial charge in [-0.3, -0.25) is 9.80 Å². The van der Waals surface area contributed by atoms with E-state index < -0.39 is 0 Å². The summed E-state index contributed by atoms with van der Waals surface area (Å²) in [5, 5.41) is 0. The number of pyridine rings is 1. The third-order valence-corrected chi connectivity index (χ3v) is 7.39. The number of ether oxygens (including phenoxy) is 1. The lowest BCUT2D eigenvalue weighted by atomic mass is 9.81. The van der Waals surface area contributed by atoms with E-state index in [0.717, 1.165) is 38.2 Å². The van der Waals surface area contributed by atoms with Gasteiger partial charge in [-0.25, -0.2) is 4.98 Å². The predicted molar refractivity (Wildman–Crippen MR) is 138 cm³/mol. The molecule has 0 aliphatic carbocycles. The van der Waals surface area contributed by atoms with Gasteiger partial charge < -0.3 is 4.74 Å². The molecule has 2 saturated heterocycles. The molecular weight excluding hydrogens is 418 g/mol. The monoisotopic (exact) mass is 453 g/mol. The van der Waals surface area contributed by atoms with Crippen molar-refractivity contribution < 1.29 is 4.74 Å². The Morgan fingerprint density at radius 2 is 1.59 bits per heavy atom. The Morgan fingerprint density at radius 3 is 2.24 bits per heavy atom. The van der Waals surface area contributed by atoms with Gasteiger partial charge >= 0.3 is 0 Å². The summed E-state index contributed by atoms with van der Waals surface area (Å²) in [5.41, 5.74) is 5.18. The fourth-order valence-electron chi connectivity index (χ4n) is 5.83. The molecule has 4 nitrogen and oxygen atoms in total. The van der Waals surface area contributed by atoms with Gasteiger partial charge in [0.25, 0.3) is 0 Å². The van der Waals surface area contributed by atoms with Gasteiger partial charge in [0.1, 0.15) is 0 Å². The molecule has 3 heterocycles. The van der Waals surface area contributed by atoms with E-state index in [0.29, 0.717) is 18.0 Å². The highest BCUT2D eigenvalue weighted by atomic mass is 16.5. The molecule has 2 aliphatic rings. The minimum absolute atomic E-state index is 0.263. The Morgan fingerprint density at radius 1 is 0.912 bits per heavy atom. The lowest BCUT2D eigenvalue weighted by Gasteiger charge is -2.52. The van der Waals surface area contributed by atoms with Crippen LogP contribution in [0.4, 0.5) is 0 Å². The zero-order valence-corrected chi connectivity index (χ0v) is 20.1. The summed E-state index contributed by atoms with van der Waals surface area (Å²) < 4.78 is 5.44. The summed E-state index contributed by atoms with van der Waals surface area (Å²) in [4.78, 5) is 10.2. The van der Waals surface area contributed by atoms with Crippen molar-refractivity contribution in [2.45, 2.75) is 56.9 Å². The van der Waals surface area contributed by atoms with Gasteiger partial charge in [-0.15, -0.1) is 0 Å². The van der Waals surface area contributed by atoms with Gasteiger partial charge in [-0.1, -0.05) is 78.9 Å². The van der Waals surface area contributed by atoms with E-state index in [2.05, 4.69) is 89.2 Å². The Kier molecular flexibility index (Phi) is 7.08. The molecule has 0 unspecified atom stereocenters. The SMILES string of the molecule is C=C1C[C@H](c2cccc(OC)n2)N2CCC[C@H](N(Cc3ccccc3)Cc3ccccc3)[C@H]2C1. The second-order valence-electron chi connectivity index (χ2n) is 9.67. The average Bonchev–Trinajstić information content (AvgIpc) is 2.89. The zero-order valence-electron chi connectivity index (χ0n) is 20.1. The van der Waals surface area contributed by atoms with Crippen molar-refractivity contribution in [1.82, 2.24) is 14.8 Å². The standard InChI is InChI=1S/C30H35N3O/c1-23-19-28(26-15-9-17-30(31-26)34-2)33-18-10-16-27(29(33)20-23)32(21-24-11-5-3-6-12-24)22-25-13-7-4-8-14-25/h3-9,11-15,17,27-29H,1,10,16,18-22H2,2H3/t27-,28+,29+/m0/s1. The van der Waals surface area contributed by atoms with Crippen LogP contribution in [0, 0.1) is 0 Å². The first-order chi connectivity index (χ1) is 16.7. The van der Waals surface area contributed by atoms with E-state index in [1.54, 1.807) is 7.11 Å². The van der Waals surface area contributed by atoms with Crippen LogP contribution < -0.4 is 4.74 Å². The number of nitrogens with zero attached hydrogens (tertiary/aromatic N) is 3. The van der Waals surface area contributed by atoms with Crippen LogP contribution in [-0.2, 0) is 13.1 Å². The molecule has 0 amide bonds. The first-order valence-electron chi connectivity index (χ1n) is 12.5. The fourth-order valence-corrected chi connectivity index (χ4v) is 5.83. The van der Waals surface area contributed by atoms with Crippen LogP contribution >= 0.6 is 0 Å². The van der Waals surface area contributed by atoms with Crippen molar-refractivity contribution in [2.75, 3.05) is 13.7 Å². The normalized spacial score (nSPS) is 23.0. The summed E-state index contributed by atoms with van der Waals surface area (Å²) in [6.45, 7) is 7.51. The maximum atomic E-state index is 5.44. The number of methoxy groups -OCH3 is 1.